The van der Waals surface area contributed by atoms with Crippen LogP contribution in [-0.4, -0.2) is 40.1 Å². The quantitative estimate of drug-likeness (QED) is 0.870. The summed E-state index contributed by atoms with van der Waals surface area (Å²) in [5.41, 5.74) is 4.13. The van der Waals surface area contributed by atoms with E-state index in [2.05, 4.69) is 20.5 Å². The lowest BCUT2D eigenvalue weighted by Crippen LogP contribution is -2.34. The minimum Gasteiger partial charge on any atom is -0.356 e. The topological polar surface area (TPSA) is 82.5 Å². The van der Waals surface area contributed by atoms with Gasteiger partial charge in [-0.15, -0.1) is 0 Å². The van der Waals surface area contributed by atoms with Crippen LogP contribution in [-0.2, 0) is 4.79 Å². The van der Waals surface area contributed by atoms with Crippen molar-refractivity contribution in [2.75, 3.05) is 6.54 Å². The minimum absolute atomic E-state index is 0.0218. The number of H-pyrrole nitrogens is 1. The van der Waals surface area contributed by atoms with Gasteiger partial charge in [-0.25, -0.2) is 0 Å². The Labute approximate surface area is 122 Å². The van der Waals surface area contributed by atoms with Crippen LogP contribution in [0.15, 0.2) is 28.6 Å². The van der Waals surface area contributed by atoms with Crippen molar-refractivity contribution in [3.8, 4) is 0 Å². The van der Waals surface area contributed by atoms with Gasteiger partial charge in [0.2, 0.25) is 5.91 Å². The average Bonchev–Trinajstić information content (AvgIpc) is 2.92. The van der Waals surface area contributed by atoms with Gasteiger partial charge in [0.1, 0.15) is 0 Å². The molecule has 1 aromatic rings. The van der Waals surface area contributed by atoms with E-state index in [1.807, 2.05) is 25.5 Å². The third-order valence-electron chi connectivity index (χ3n) is 4.36. The molecule has 3 aliphatic rings. The van der Waals surface area contributed by atoms with Gasteiger partial charge in [0, 0.05) is 30.4 Å². The maximum Gasteiger partial charge on any atom is 0.226 e. The molecule has 0 bridgehead atoms. The van der Waals surface area contributed by atoms with Crippen molar-refractivity contribution in [3.63, 3.8) is 0 Å². The van der Waals surface area contributed by atoms with E-state index in [0.29, 0.717) is 24.9 Å². The number of fused-ring (bicyclic) bond motifs is 3. The number of carbonyl (C=O) groups excluding carboxylic acids is 1. The molecule has 0 aromatic carbocycles. The molecule has 2 N–H and O–H groups in total. The monoisotopic (exact) mass is 283 g/mol. The lowest BCUT2D eigenvalue weighted by molar-refractivity contribution is -0.119. The molecule has 0 saturated heterocycles. The summed E-state index contributed by atoms with van der Waals surface area (Å²) in [7, 11) is 0. The van der Waals surface area contributed by atoms with Crippen LogP contribution in [0.25, 0.3) is 5.57 Å². The molecule has 1 aliphatic carbocycles. The molecule has 1 saturated carbocycles. The normalized spacial score (nSPS) is 29.0. The molecule has 0 radical (unpaired) electrons. The number of nitrogens with one attached hydrogen (secondary N) is 2. The first-order chi connectivity index (χ1) is 10.3. The lowest BCUT2D eigenvalue weighted by Gasteiger charge is -2.21. The highest BCUT2D eigenvalue weighted by Gasteiger charge is 2.52. The maximum absolute atomic E-state index is 11.9. The predicted octanol–water partition coefficient (Wildman–Crippen LogP) is 1.19. The number of rotatable bonds is 4. The molecular formula is C15H17N5O. The molecule has 1 amide bonds. The van der Waals surface area contributed by atoms with Crippen LogP contribution in [0, 0.1) is 11.8 Å². The lowest BCUT2D eigenvalue weighted by atomic mass is 9.84. The second kappa shape index (κ2) is 4.65. The van der Waals surface area contributed by atoms with Crippen molar-refractivity contribution in [2.45, 2.75) is 25.8 Å². The van der Waals surface area contributed by atoms with Gasteiger partial charge in [0.05, 0.1) is 30.1 Å². The van der Waals surface area contributed by atoms with Gasteiger partial charge in [0.25, 0.3) is 0 Å². The Hall–Kier alpha value is -2.24. The molecule has 3 heterocycles. The van der Waals surface area contributed by atoms with E-state index in [9.17, 15) is 4.79 Å². The average molecular weight is 283 g/mol. The van der Waals surface area contributed by atoms with E-state index in [4.69, 9.17) is 4.99 Å². The number of hydrogen-bond acceptors (Lipinski definition) is 4. The van der Waals surface area contributed by atoms with Crippen LogP contribution in [0.2, 0.25) is 0 Å². The maximum atomic E-state index is 11.9. The molecule has 108 valence electrons. The van der Waals surface area contributed by atoms with Crippen LogP contribution in [0.1, 0.15) is 25.3 Å². The fourth-order valence-corrected chi connectivity index (χ4v) is 3.32. The number of hydrogen-bond donors (Lipinski definition) is 2. The van der Waals surface area contributed by atoms with Crippen LogP contribution in [0.4, 0.5) is 0 Å². The zero-order valence-electron chi connectivity index (χ0n) is 11.8. The van der Waals surface area contributed by atoms with Gasteiger partial charge in [-0.3, -0.25) is 19.9 Å². The van der Waals surface area contributed by atoms with Gasteiger partial charge in [-0.2, -0.15) is 5.10 Å². The summed E-state index contributed by atoms with van der Waals surface area (Å²) in [4.78, 5) is 21.1. The van der Waals surface area contributed by atoms with Gasteiger partial charge < -0.3 is 5.32 Å². The van der Waals surface area contributed by atoms with Crippen molar-refractivity contribution < 1.29 is 4.79 Å². The van der Waals surface area contributed by atoms with E-state index in [1.165, 1.54) is 5.57 Å². The summed E-state index contributed by atoms with van der Waals surface area (Å²) in [5.74, 6) is 0.855. The molecule has 2 aliphatic heterocycles. The summed E-state index contributed by atoms with van der Waals surface area (Å²) in [6.45, 7) is 2.57. The number of aromatic amines is 1. The zero-order valence-corrected chi connectivity index (χ0v) is 11.8. The van der Waals surface area contributed by atoms with Crippen LogP contribution in [0.3, 0.4) is 0 Å². The second-order valence-electron chi connectivity index (χ2n) is 5.74. The minimum atomic E-state index is 0.0218. The zero-order chi connectivity index (χ0) is 14.4. The highest BCUT2D eigenvalue weighted by Crippen LogP contribution is 2.51. The number of allylic oxidation sites excluding steroid dienone is 1. The highest BCUT2D eigenvalue weighted by molar-refractivity contribution is 6.48. The van der Waals surface area contributed by atoms with E-state index < -0.39 is 0 Å². The Bertz CT molecular complexity index is 670. The number of aliphatic imine (C=N–C) groups is 2. The standard InChI is InChI=1S/C15H17N5O/c1-2-16-13(21)4-12-15-14(9-3-11(9)20-12)10(7-17-15)8-5-18-19-6-8/h5-7,9,11,14H,2-4H2,1H3,(H,16,21)(H,18,19). The third-order valence-corrected chi connectivity index (χ3v) is 4.36. The Balaban J connectivity index is 1.59. The van der Waals surface area contributed by atoms with Crippen molar-refractivity contribution >= 4 is 22.9 Å². The highest BCUT2D eigenvalue weighted by atomic mass is 16.1. The fourth-order valence-electron chi connectivity index (χ4n) is 3.32. The molecule has 6 nitrogen and oxygen atoms in total. The first-order valence-corrected chi connectivity index (χ1v) is 7.38. The summed E-state index contributed by atoms with van der Waals surface area (Å²) in [5, 5.41) is 9.71. The van der Waals surface area contributed by atoms with Crippen molar-refractivity contribution in [2.24, 2.45) is 21.8 Å². The number of nitrogens with zero attached hydrogens (tertiary/aromatic N) is 3. The Kier molecular flexibility index (Phi) is 2.77. The molecule has 4 rings (SSSR count). The van der Waals surface area contributed by atoms with Gasteiger partial charge >= 0.3 is 0 Å². The number of carbonyl (C=O) groups is 1. The van der Waals surface area contributed by atoms with Crippen molar-refractivity contribution in [1.29, 1.82) is 0 Å². The largest absolute Gasteiger partial charge is 0.356 e. The van der Waals surface area contributed by atoms with E-state index in [0.717, 1.165) is 23.4 Å². The molecular weight excluding hydrogens is 266 g/mol. The Morgan fingerprint density at radius 2 is 2.43 bits per heavy atom. The van der Waals surface area contributed by atoms with Crippen molar-refractivity contribution in [1.82, 2.24) is 15.5 Å². The van der Waals surface area contributed by atoms with E-state index >= 15 is 0 Å². The van der Waals surface area contributed by atoms with Gasteiger partial charge in [0.15, 0.2) is 0 Å². The summed E-state index contributed by atoms with van der Waals surface area (Å²) in [6.07, 6.45) is 7.07. The number of aromatic nitrogens is 2. The number of amides is 1. The van der Waals surface area contributed by atoms with Crippen LogP contribution in [0.5, 0.6) is 0 Å². The second-order valence-corrected chi connectivity index (χ2v) is 5.74. The molecule has 3 atom stereocenters. The Morgan fingerprint density at radius 3 is 3.19 bits per heavy atom. The molecule has 6 heteroatoms. The first-order valence-electron chi connectivity index (χ1n) is 7.38. The van der Waals surface area contributed by atoms with E-state index in [1.54, 1.807) is 0 Å². The first kappa shape index (κ1) is 12.5. The SMILES string of the molecule is CCNC(=O)CC1=NC2CC2C2C(c3cn[nH]c3)=CN=C12. The van der Waals surface area contributed by atoms with Gasteiger partial charge in [-0.05, 0) is 24.8 Å². The van der Waals surface area contributed by atoms with Crippen molar-refractivity contribution in [3.05, 3.63) is 24.2 Å². The van der Waals surface area contributed by atoms with E-state index in [-0.39, 0.29) is 11.8 Å². The summed E-state index contributed by atoms with van der Waals surface area (Å²) >= 11 is 0. The molecule has 1 aromatic heterocycles. The molecule has 0 spiro atoms. The Morgan fingerprint density at radius 1 is 1.52 bits per heavy atom. The molecule has 3 unspecified atom stereocenters. The summed E-state index contributed by atoms with van der Waals surface area (Å²) < 4.78 is 0. The fraction of sp³-hybridized carbons (Fsp3) is 0.467. The molecule has 1 fully saturated rings. The smallest absolute Gasteiger partial charge is 0.226 e. The summed E-state index contributed by atoms with van der Waals surface area (Å²) in [6, 6.07) is 0.367. The third kappa shape index (κ3) is 2.02. The molecule has 21 heavy (non-hydrogen) atoms. The van der Waals surface area contributed by atoms with Crippen LogP contribution < -0.4 is 5.32 Å². The predicted molar refractivity (Wildman–Crippen MR) is 80.1 cm³/mol. The van der Waals surface area contributed by atoms with Crippen LogP contribution >= 0.6 is 0 Å². The van der Waals surface area contributed by atoms with Gasteiger partial charge in [-0.1, -0.05) is 0 Å².